The predicted octanol–water partition coefficient (Wildman–Crippen LogP) is 3.65. The van der Waals surface area contributed by atoms with Gasteiger partial charge in [-0.25, -0.2) is 0 Å². The Morgan fingerprint density at radius 1 is 1.24 bits per heavy atom. The van der Waals surface area contributed by atoms with Crippen LogP contribution in [0.25, 0.3) is 0 Å². The molecule has 25 heavy (non-hydrogen) atoms. The van der Waals surface area contributed by atoms with Crippen LogP contribution in [-0.2, 0) is 9.53 Å². The van der Waals surface area contributed by atoms with Crippen molar-refractivity contribution < 1.29 is 14.3 Å². The minimum Gasteiger partial charge on any atom is -0.464 e. The lowest BCUT2D eigenvalue weighted by Gasteiger charge is -2.60. The van der Waals surface area contributed by atoms with E-state index in [4.69, 9.17) is 4.74 Å². The molecule has 4 nitrogen and oxygen atoms in total. The van der Waals surface area contributed by atoms with E-state index < -0.39 is 0 Å². The zero-order valence-corrected chi connectivity index (χ0v) is 15.7. The quantitative estimate of drug-likeness (QED) is 0.830. The Balaban J connectivity index is 1.44. The summed E-state index contributed by atoms with van der Waals surface area (Å²) >= 11 is 0. The number of carbonyl (C=O) groups is 2. The molecule has 3 aliphatic carbocycles. The van der Waals surface area contributed by atoms with Crippen LogP contribution in [0.4, 0.5) is 0 Å². The average molecular weight is 343 g/mol. The number of hydrogen-bond donors (Lipinski definition) is 1. The van der Waals surface area contributed by atoms with Crippen molar-refractivity contribution in [3.05, 3.63) is 34.9 Å². The van der Waals surface area contributed by atoms with Gasteiger partial charge in [-0.15, -0.1) is 0 Å². The van der Waals surface area contributed by atoms with Crippen LogP contribution in [0.15, 0.2) is 18.2 Å². The highest BCUT2D eigenvalue weighted by molar-refractivity contribution is 5.97. The molecule has 0 radical (unpaired) electrons. The minimum absolute atomic E-state index is 0.0739. The van der Waals surface area contributed by atoms with E-state index in [0.717, 1.165) is 23.5 Å². The lowest BCUT2D eigenvalue weighted by Crippen LogP contribution is -2.53. The van der Waals surface area contributed by atoms with Gasteiger partial charge in [-0.2, -0.15) is 0 Å². The molecule has 1 amide bonds. The van der Waals surface area contributed by atoms with Gasteiger partial charge in [0.05, 0.1) is 6.61 Å². The first-order valence-electron chi connectivity index (χ1n) is 9.30. The Kier molecular flexibility index (Phi) is 4.90. The first kappa shape index (κ1) is 18.0. The van der Waals surface area contributed by atoms with Gasteiger partial charge in [0, 0.05) is 5.56 Å². The van der Waals surface area contributed by atoms with Crippen LogP contribution in [0, 0.1) is 37.0 Å². The summed E-state index contributed by atoms with van der Waals surface area (Å²) in [5.74, 6) is 1.41. The molecule has 3 aliphatic rings. The normalized spacial score (nSPS) is 26.5. The summed E-state index contributed by atoms with van der Waals surface area (Å²) in [7, 11) is 0. The molecule has 1 aromatic rings. The van der Waals surface area contributed by atoms with Crippen molar-refractivity contribution >= 4 is 11.9 Å². The highest BCUT2D eigenvalue weighted by atomic mass is 16.5. The van der Waals surface area contributed by atoms with Crippen LogP contribution < -0.4 is 5.32 Å². The third-order valence-corrected chi connectivity index (χ3v) is 6.48. The SMILES string of the molecule is Cc1ccc(C(=O)NCC(=O)OCC2CCC3CC2C3(C)C)c(C)c1. The van der Waals surface area contributed by atoms with E-state index in [9.17, 15) is 9.59 Å². The number of rotatable bonds is 5. The van der Waals surface area contributed by atoms with Gasteiger partial charge in [-0.3, -0.25) is 9.59 Å². The summed E-state index contributed by atoms with van der Waals surface area (Å²) in [5.41, 5.74) is 3.02. The molecule has 4 heteroatoms. The average Bonchev–Trinajstić information content (AvgIpc) is 2.57. The van der Waals surface area contributed by atoms with Gasteiger partial charge < -0.3 is 10.1 Å². The number of aryl methyl sites for hydroxylation is 2. The van der Waals surface area contributed by atoms with E-state index in [0.29, 0.717) is 29.4 Å². The van der Waals surface area contributed by atoms with E-state index in [1.165, 1.54) is 12.8 Å². The van der Waals surface area contributed by atoms with Gasteiger partial charge in [-0.1, -0.05) is 31.5 Å². The van der Waals surface area contributed by atoms with Crippen LogP contribution in [0.1, 0.15) is 54.6 Å². The van der Waals surface area contributed by atoms with E-state index in [1.54, 1.807) is 6.07 Å². The number of ether oxygens (including phenoxy) is 1. The minimum atomic E-state index is -0.350. The van der Waals surface area contributed by atoms with E-state index in [1.807, 2.05) is 26.0 Å². The molecule has 0 spiro atoms. The Labute approximate surface area is 150 Å². The molecule has 1 N–H and O–H groups in total. The molecular formula is C21H29NO3. The van der Waals surface area contributed by atoms with E-state index >= 15 is 0 Å². The van der Waals surface area contributed by atoms with Crippen molar-refractivity contribution in [3.8, 4) is 0 Å². The summed E-state index contributed by atoms with van der Waals surface area (Å²) in [6.07, 6.45) is 3.68. The van der Waals surface area contributed by atoms with Crippen LogP contribution in [0.5, 0.6) is 0 Å². The molecular weight excluding hydrogens is 314 g/mol. The van der Waals surface area contributed by atoms with Crippen LogP contribution in [0.3, 0.4) is 0 Å². The molecule has 2 bridgehead atoms. The van der Waals surface area contributed by atoms with Crippen molar-refractivity contribution in [3.63, 3.8) is 0 Å². The van der Waals surface area contributed by atoms with Crippen LogP contribution in [-0.4, -0.2) is 25.0 Å². The number of benzene rings is 1. The molecule has 0 aromatic heterocycles. The van der Waals surface area contributed by atoms with Crippen LogP contribution >= 0.6 is 0 Å². The zero-order chi connectivity index (χ0) is 18.2. The number of fused-ring (bicyclic) bond motifs is 2. The Hall–Kier alpha value is -1.84. The topological polar surface area (TPSA) is 55.4 Å². The molecule has 0 saturated heterocycles. The summed E-state index contributed by atoms with van der Waals surface area (Å²) in [6, 6.07) is 5.66. The zero-order valence-electron chi connectivity index (χ0n) is 15.7. The standard InChI is InChI=1S/C21H29NO3/c1-13-5-8-17(14(2)9-13)20(24)22-11-19(23)25-12-15-6-7-16-10-18(15)21(16,3)4/h5,8-9,15-16,18H,6-7,10-12H2,1-4H3,(H,22,24). The highest BCUT2D eigenvalue weighted by Crippen LogP contribution is 2.61. The maximum absolute atomic E-state index is 12.2. The van der Waals surface area contributed by atoms with Gasteiger partial charge >= 0.3 is 5.97 Å². The van der Waals surface area contributed by atoms with Gasteiger partial charge in [0.25, 0.3) is 5.91 Å². The summed E-state index contributed by atoms with van der Waals surface area (Å²) in [4.78, 5) is 24.2. The smallest absolute Gasteiger partial charge is 0.325 e. The molecule has 3 saturated carbocycles. The van der Waals surface area contributed by atoms with Gasteiger partial charge in [0.2, 0.25) is 0 Å². The molecule has 3 fully saturated rings. The Morgan fingerprint density at radius 3 is 2.64 bits per heavy atom. The third kappa shape index (κ3) is 3.58. The molecule has 3 atom stereocenters. The third-order valence-electron chi connectivity index (χ3n) is 6.48. The maximum atomic E-state index is 12.2. The summed E-state index contributed by atoms with van der Waals surface area (Å²) < 4.78 is 5.45. The highest BCUT2D eigenvalue weighted by Gasteiger charge is 2.54. The number of esters is 1. The Bertz CT molecular complexity index is 678. The lowest BCUT2D eigenvalue weighted by molar-refractivity contribution is -0.154. The van der Waals surface area contributed by atoms with Crippen molar-refractivity contribution in [1.29, 1.82) is 0 Å². The van der Waals surface area contributed by atoms with Crippen LogP contribution in [0.2, 0.25) is 0 Å². The van der Waals surface area contributed by atoms with Gasteiger partial charge in [0.15, 0.2) is 0 Å². The number of carbonyl (C=O) groups excluding carboxylic acids is 2. The second-order valence-corrected chi connectivity index (χ2v) is 8.38. The molecule has 1 aromatic carbocycles. The summed E-state index contributed by atoms with van der Waals surface area (Å²) in [6.45, 7) is 8.97. The second-order valence-electron chi connectivity index (χ2n) is 8.38. The summed E-state index contributed by atoms with van der Waals surface area (Å²) in [5, 5.41) is 2.67. The fraction of sp³-hybridized carbons (Fsp3) is 0.619. The molecule has 4 rings (SSSR count). The number of amides is 1. The molecule has 0 aliphatic heterocycles. The van der Waals surface area contributed by atoms with Gasteiger partial charge in [0.1, 0.15) is 6.54 Å². The predicted molar refractivity (Wildman–Crippen MR) is 97.3 cm³/mol. The second kappa shape index (κ2) is 6.81. The van der Waals surface area contributed by atoms with E-state index in [2.05, 4.69) is 19.2 Å². The fourth-order valence-electron chi connectivity index (χ4n) is 4.73. The monoisotopic (exact) mass is 343 g/mol. The largest absolute Gasteiger partial charge is 0.464 e. The number of hydrogen-bond acceptors (Lipinski definition) is 3. The molecule has 0 heterocycles. The van der Waals surface area contributed by atoms with Crippen molar-refractivity contribution in [2.75, 3.05) is 13.2 Å². The van der Waals surface area contributed by atoms with Crippen molar-refractivity contribution in [2.24, 2.45) is 23.2 Å². The molecule has 136 valence electrons. The van der Waals surface area contributed by atoms with Crippen molar-refractivity contribution in [1.82, 2.24) is 5.32 Å². The molecule has 3 unspecified atom stereocenters. The maximum Gasteiger partial charge on any atom is 0.325 e. The lowest BCUT2D eigenvalue weighted by atomic mass is 9.46. The van der Waals surface area contributed by atoms with Crippen molar-refractivity contribution in [2.45, 2.75) is 47.0 Å². The first-order chi connectivity index (χ1) is 11.8. The van der Waals surface area contributed by atoms with E-state index in [-0.39, 0.29) is 18.4 Å². The fourth-order valence-corrected chi connectivity index (χ4v) is 4.73. The first-order valence-corrected chi connectivity index (χ1v) is 9.30. The van der Waals surface area contributed by atoms with Gasteiger partial charge in [-0.05, 0) is 67.9 Å². The number of nitrogens with one attached hydrogen (secondary N) is 1. The Morgan fingerprint density at radius 2 is 2.00 bits per heavy atom.